The van der Waals surface area contributed by atoms with Crippen LogP contribution in [0.3, 0.4) is 0 Å². The average Bonchev–Trinajstić information content (AvgIpc) is 2.88. The van der Waals surface area contributed by atoms with E-state index >= 15 is 0 Å². The normalized spacial score (nSPS) is 17.4. The topological polar surface area (TPSA) is 45.5 Å². The van der Waals surface area contributed by atoms with Crippen molar-refractivity contribution in [1.29, 1.82) is 0 Å². The standard InChI is InChI=1S/C14H21N5/c1-2-18(13-4-7-15-8-5-13)10-12-11-19-9-3-6-16-14(19)17-12/h3,6,9,11,13,15H,2,4-5,7-8,10H2,1H3. The number of aromatic nitrogens is 3. The van der Waals surface area contributed by atoms with Crippen molar-refractivity contribution in [1.82, 2.24) is 24.6 Å². The summed E-state index contributed by atoms with van der Waals surface area (Å²) in [7, 11) is 0. The van der Waals surface area contributed by atoms with Crippen LogP contribution in [0.2, 0.25) is 0 Å². The summed E-state index contributed by atoms with van der Waals surface area (Å²) >= 11 is 0. The van der Waals surface area contributed by atoms with Gasteiger partial charge < -0.3 is 5.32 Å². The van der Waals surface area contributed by atoms with E-state index in [-0.39, 0.29) is 0 Å². The molecule has 102 valence electrons. The van der Waals surface area contributed by atoms with Crippen molar-refractivity contribution in [2.24, 2.45) is 0 Å². The van der Waals surface area contributed by atoms with E-state index in [1.165, 1.54) is 12.8 Å². The Morgan fingerprint density at radius 1 is 1.42 bits per heavy atom. The third kappa shape index (κ3) is 2.77. The molecule has 1 N–H and O–H groups in total. The van der Waals surface area contributed by atoms with Gasteiger partial charge in [0.1, 0.15) is 0 Å². The maximum Gasteiger partial charge on any atom is 0.233 e. The Bertz CT molecular complexity index is 496. The lowest BCUT2D eigenvalue weighted by molar-refractivity contribution is 0.160. The molecule has 0 radical (unpaired) electrons. The average molecular weight is 259 g/mol. The number of nitrogens with zero attached hydrogens (tertiary/aromatic N) is 4. The van der Waals surface area contributed by atoms with Crippen LogP contribution in [0.1, 0.15) is 25.5 Å². The van der Waals surface area contributed by atoms with Gasteiger partial charge in [0.2, 0.25) is 5.78 Å². The van der Waals surface area contributed by atoms with Crippen LogP contribution in [0.15, 0.2) is 24.7 Å². The predicted octanol–water partition coefficient (Wildman–Crippen LogP) is 1.30. The molecule has 1 fully saturated rings. The smallest absolute Gasteiger partial charge is 0.233 e. The van der Waals surface area contributed by atoms with Gasteiger partial charge in [-0.2, -0.15) is 0 Å². The van der Waals surface area contributed by atoms with Gasteiger partial charge in [0, 0.05) is 31.2 Å². The molecule has 2 aromatic rings. The van der Waals surface area contributed by atoms with Crippen LogP contribution in [-0.2, 0) is 6.54 Å². The summed E-state index contributed by atoms with van der Waals surface area (Å²) in [5.74, 6) is 0.791. The van der Waals surface area contributed by atoms with Crippen LogP contribution in [0.5, 0.6) is 0 Å². The number of hydrogen-bond acceptors (Lipinski definition) is 4. The van der Waals surface area contributed by atoms with E-state index in [1.54, 1.807) is 6.20 Å². The fourth-order valence-electron chi connectivity index (χ4n) is 2.83. The number of imidazole rings is 1. The zero-order valence-electron chi connectivity index (χ0n) is 11.4. The Hall–Kier alpha value is -1.46. The zero-order valence-corrected chi connectivity index (χ0v) is 11.4. The molecule has 1 aliphatic rings. The first-order valence-electron chi connectivity index (χ1n) is 7.10. The Balaban J connectivity index is 1.74. The van der Waals surface area contributed by atoms with Gasteiger partial charge in [0.05, 0.1) is 5.69 Å². The van der Waals surface area contributed by atoms with Crippen molar-refractivity contribution in [3.63, 3.8) is 0 Å². The van der Waals surface area contributed by atoms with E-state index in [4.69, 9.17) is 0 Å². The van der Waals surface area contributed by atoms with Crippen LogP contribution in [0.4, 0.5) is 0 Å². The Morgan fingerprint density at radius 2 is 2.26 bits per heavy atom. The number of rotatable bonds is 4. The molecule has 0 saturated carbocycles. The molecule has 0 amide bonds. The van der Waals surface area contributed by atoms with Gasteiger partial charge >= 0.3 is 0 Å². The second-order valence-electron chi connectivity index (χ2n) is 5.10. The van der Waals surface area contributed by atoms with Crippen molar-refractivity contribution < 1.29 is 0 Å². The minimum atomic E-state index is 0.684. The van der Waals surface area contributed by atoms with Crippen LogP contribution in [-0.4, -0.2) is 44.9 Å². The summed E-state index contributed by atoms with van der Waals surface area (Å²) in [6, 6.07) is 2.62. The third-order valence-electron chi connectivity index (χ3n) is 3.88. The maximum atomic E-state index is 4.59. The van der Waals surface area contributed by atoms with Gasteiger partial charge in [-0.1, -0.05) is 6.92 Å². The number of nitrogens with one attached hydrogen (secondary N) is 1. The number of hydrogen-bond donors (Lipinski definition) is 1. The molecule has 3 heterocycles. The molecule has 5 nitrogen and oxygen atoms in total. The molecule has 0 unspecified atom stereocenters. The highest BCUT2D eigenvalue weighted by Crippen LogP contribution is 2.15. The molecule has 1 saturated heterocycles. The molecule has 0 aromatic carbocycles. The predicted molar refractivity (Wildman–Crippen MR) is 75.0 cm³/mol. The summed E-state index contributed by atoms with van der Waals surface area (Å²) in [4.78, 5) is 11.4. The molecule has 3 rings (SSSR count). The molecule has 0 atom stereocenters. The van der Waals surface area contributed by atoms with Crippen molar-refractivity contribution >= 4 is 5.78 Å². The fraction of sp³-hybridized carbons (Fsp3) is 0.571. The van der Waals surface area contributed by atoms with Crippen molar-refractivity contribution in [3.8, 4) is 0 Å². The van der Waals surface area contributed by atoms with E-state index in [9.17, 15) is 0 Å². The van der Waals surface area contributed by atoms with E-state index in [2.05, 4.69) is 33.3 Å². The third-order valence-corrected chi connectivity index (χ3v) is 3.88. The number of fused-ring (bicyclic) bond motifs is 1. The van der Waals surface area contributed by atoms with E-state index in [1.807, 2.05) is 16.7 Å². The van der Waals surface area contributed by atoms with Crippen molar-refractivity contribution in [2.75, 3.05) is 19.6 Å². The van der Waals surface area contributed by atoms with Crippen LogP contribution in [0, 0.1) is 0 Å². The van der Waals surface area contributed by atoms with Gasteiger partial charge in [-0.05, 0) is 38.5 Å². The van der Waals surface area contributed by atoms with Crippen molar-refractivity contribution in [2.45, 2.75) is 32.4 Å². The molecule has 5 heteroatoms. The SMILES string of the molecule is CCN(Cc1cn2cccnc2n1)C1CCNCC1. The van der Waals surface area contributed by atoms with Crippen LogP contribution >= 0.6 is 0 Å². The summed E-state index contributed by atoms with van der Waals surface area (Å²) in [5, 5.41) is 3.42. The van der Waals surface area contributed by atoms with Gasteiger partial charge in [-0.25, -0.2) is 9.97 Å². The van der Waals surface area contributed by atoms with Gasteiger partial charge in [0.25, 0.3) is 0 Å². The summed E-state index contributed by atoms with van der Waals surface area (Å²) in [6.07, 6.45) is 8.35. The lowest BCUT2D eigenvalue weighted by atomic mass is 10.0. The Kier molecular flexibility index (Phi) is 3.75. The van der Waals surface area contributed by atoms with E-state index in [0.29, 0.717) is 6.04 Å². The van der Waals surface area contributed by atoms with E-state index < -0.39 is 0 Å². The largest absolute Gasteiger partial charge is 0.317 e. The first kappa shape index (κ1) is 12.6. The lowest BCUT2D eigenvalue weighted by Gasteiger charge is -2.33. The highest BCUT2D eigenvalue weighted by molar-refractivity contribution is 5.29. The summed E-state index contributed by atoms with van der Waals surface area (Å²) in [5.41, 5.74) is 1.11. The molecule has 0 aliphatic carbocycles. The number of piperidine rings is 1. The van der Waals surface area contributed by atoms with Crippen LogP contribution in [0.25, 0.3) is 5.78 Å². The highest BCUT2D eigenvalue weighted by Gasteiger charge is 2.20. The van der Waals surface area contributed by atoms with Crippen molar-refractivity contribution in [3.05, 3.63) is 30.4 Å². The second kappa shape index (κ2) is 5.67. The Labute approximate surface area is 113 Å². The molecule has 1 aliphatic heterocycles. The highest BCUT2D eigenvalue weighted by atomic mass is 15.2. The first-order valence-corrected chi connectivity index (χ1v) is 7.10. The van der Waals surface area contributed by atoms with E-state index in [0.717, 1.165) is 37.7 Å². The summed E-state index contributed by atoms with van der Waals surface area (Å²) in [6.45, 7) is 6.49. The minimum absolute atomic E-state index is 0.684. The monoisotopic (exact) mass is 259 g/mol. The van der Waals surface area contributed by atoms with Gasteiger partial charge in [0.15, 0.2) is 0 Å². The molecule has 0 spiro atoms. The maximum absolute atomic E-state index is 4.59. The van der Waals surface area contributed by atoms with Gasteiger partial charge in [-0.15, -0.1) is 0 Å². The second-order valence-corrected chi connectivity index (χ2v) is 5.10. The minimum Gasteiger partial charge on any atom is -0.317 e. The van der Waals surface area contributed by atoms with Crippen LogP contribution < -0.4 is 5.32 Å². The first-order chi connectivity index (χ1) is 9.36. The fourth-order valence-corrected chi connectivity index (χ4v) is 2.83. The van der Waals surface area contributed by atoms with Gasteiger partial charge in [-0.3, -0.25) is 9.30 Å². The molecule has 19 heavy (non-hydrogen) atoms. The lowest BCUT2D eigenvalue weighted by Crippen LogP contribution is -2.42. The molecular weight excluding hydrogens is 238 g/mol. The molecule has 2 aromatic heterocycles. The Morgan fingerprint density at radius 3 is 3.00 bits per heavy atom. The molecule has 0 bridgehead atoms. The summed E-state index contributed by atoms with van der Waals surface area (Å²) < 4.78 is 1.99. The molecular formula is C14H21N5. The zero-order chi connectivity index (χ0) is 13.1. The quantitative estimate of drug-likeness (QED) is 0.899.